The number of nitrogens with one attached hydrogen (secondary N) is 2. The van der Waals surface area contributed by atoms with Gasteiger partial charge in [-0.3, -0.25) is 0 Å². The van der Waals surface area contributed by atoms with E-state index in [-0.39, 0.29) is 5.69 Å². The third-order valence-corrected chi connectivity index (χ3v) is 3.54. The van der Waals surface area contributed by atoms with Crippen LogP contribution in [0.1, 0.15) is 11.1 Å². The molecule has 2 amide bonds. The Kier molecular flexibility index (Phi) is 5.06. The summed E-state index contributed by atoms with van der Waals surface area (Å²) in [5, 5.41) is 4.84. The van der Waals surface area contributed by atoms with Gasteiger partial charge in [-0.1, -0.05) is 29.3 Å². The Morgan fingerprint density at radius 3 is 2.39 bits per heavy atom. The summed E-state index contributed by atoms with van der Waals surface area (Å²) >= 11 is 11.4. The molecule has 0 saturated carbocycles. The summed E-state index contributed by atoms with van der Waals surface area (Å²) in [6.45, 7) is 1.76. The molecule has 0 heterocycles. The lowest BCUT2D eigenvalue weighted by molar-refractivity contribution is -0.137. The molecule has 122 valence electrons. The van der Waals surface area contributed by atoms with E-state index in [0.29, 0.717) is 10.7 Å². The number of hydrogen-bond donors (Lipinski definition) is 2. The number of benzene rings is 2. The van der Waals surface area contributed by atoms with Crippen LogP contribution in [0, 0.1) is 6.92 Å². The fourth-order valence-corrected chi connectivity index (χ4v) is 2.23. The van der Waals surface area contributed by atoms with Crippen LogP contribution in [0.25, 0.3) is 0 Å². The number of carbonyl (C=O) groups is 1. The van der Waals surface area contributed by atoms with Gasteiger partial charge < -0.3 is 10.6 Å². The summed E-state index contributed by atoms with van der Waals surface area (Å²) in [5.41, 5.74) is 0.173. The molecule has 23 heavy (non-hydrogen) atoms. The highest BCUT2D eigenvalue weighted by molar-refractivity contribution is 6.31. The average Bonchev–Trinajstić information content (AvgIpc) is 2.44. The monoisotopic (exact) mass is 362 g/mol. The smallest absolute Gasteiger partial charge is 0.308 e. The second kappa shape index (κ2) is 6.68. The minimum absolute atomic E-state index is 0.0288. The Hall–Kier alpha value is -1.92. The summed E-state index contributed by atoms with van der Waals surface area (Å²) in [6.07, 6.45) is -4.60. The zero-order chi connectivity index (χ0) is 17.2. The van der Waals surface area contributed by atoms with Gasteiger partial charge in [0.15, 0.2) is 0 Å². The third kappa shape index (κ3) is 4.53. The number of urea groups is 1. The fourth-order valence-electron chi connectivity index (χ4n) is 1.83. The molecule has 2 N–H and O–H groups in total. The molecule has 0 bridgehead atoms. The van der Waals surface area contributed by atoms with Gasteiger partial charge in [0.25, 0.3) is 0 Å². The Labute approximate surface area is 140 Å². The van der Waals surface area contributed by atoms with Crippen molar-refractivity contribution in [2.45, 2.75) is 13.1 Å². The lowest BCUT2D eigenvalue weighted by Crippen LogP contribution is -2.20. The Morgan fingerprint density at radius 1 is 1.04 bits per heavy atom. The molecular formula is C15H11Cl2F3N2O. The topological polar surface area (TPSA) is 41.1 Å². The van der Waals surface area contributed by atoms with E-state index in [4.69, 9.17) is 23.2 Å². The first-order valence-electron chi connectivity index (χ1n) is 6.38. The van der Waals surface area contributed by atoms with Crippen molar-refractivity contribution in [2.24, 2.45) is 0 Å². The number of carbonyl (C=O) groups excluding carboxylic acids is 1. The van der Waals surface area contributed by atoms with Gasteiger partial charge in [-0.25, -0.2) is 4.79 Å². The predicted octanol–water partition coefficient (Wildman–Crippen LogP) is 5.96. The highest BCUT2D eigenvalue weighted by Gasteiger charge is 2.33. The standard InChI is InChI=1S/C15H11Cl2F3N2O/c1-8-2-3-9(16)6-13(8)22-14(23)21-10-4-5-12(17)11(7-10)15(18,19)20/h2-7H,1H3,(H2,21,22,23). The van der Waals surface area contributed by atoms with E-state index in [1.165, 1.54) is 6.07 Å². The molecule has 0 fully saturated rings. The number of amides is 2. The van der Waals surface area contributed by atoms with Crippen molar-refractivity contribution in [3.63, 3.8) is 0 Å². The minimum atomic E-state index is -4.60. The van der Waals surface area contributed by atoms with Crippen LogP contribution in [-0.2, 0) is 6.18 Å². The molecule has 2 aromatic carbocycles. The molecule has 0 unspecified atom stereocenters. The number of rotatable bonds is 2. The molecule has 0 atom stereocenters. The van der Waals surface area contributed by atoms with E-state index >= 15 is 0 Å². The Morgan fingerprint density at radius 2 is 1.74 bits per heavy atom. The first-order chi connectivity index (χ1) is 10.7. The maximum Gasteiger partial charge on any atom is 0.417 e. The van der Waals surface area contributed by atoms with Crippen molar-refractivity contribution >= 4 is 40.6 Å². The predicted molar refractivity (Wildman–Crippen MR) is 85.3 cm³/mol. The Balaban J connectivity index is 2.16. The van der Waals surface area contributed by atoms with Crippen molar-refractivity contribution in [1.82, 2.24) is 0 Å². The second-order valence-corrected chi connectivity index (χ2v) is 5.57. The summed E-state index contributed by atoms with van der Waals surface area (Å²) in [6, 6.07) is 7.35. The summed E-state index contributed by atoms with van der Waals surface area (Å²) in [5.74, 6) is 0. The van der Waals surface area contributed by atoms with E-state index in [0.717, 1.165) is 17.7 Å². The summed E-state index contributed by atoms with van der Waals surface area (Å²) in [4.78, 5) is 11.9. The van der Waals surface area contributed by atoms with Gasteiger partial charge >= 0.3 is 12.2 Å². The van der Waals surface area contributed by atoms with Crippen molar-refractivity contribution in [3.05, 3.63) is 57.6 Å². The van der Waals surface area contributed by atoms with Gasteiger partial charge in [0.1, 0.15) is 0 Å². The van der Waals surface area contributed by atoms with Crippen molar-refractivity contribution < 1.29 is 18.0 Å². The van der Waals surface area contributed by atoms with Gasteiger partial charge in [0.2, 0.25) is 0 Å². The van der Waals surface area contributed by atoms with Crippen LogP contribution in [0.2, 0.25) is 10.0 Å². The van der Waals surface area contributed by atoms with E-state index in [1.54, 1.807) is 25.1 Å². The lowest BCUT2D eigenvalue weighted by atomic mass is 10.2. The zero-order valence-electron chi connectivity index (χ0n) is 11.8. The number of hydrogen-bond acceptors (Lipinski definition) is 1. The van der Waals surface area contributed by atoms with Gasteiger partial charge in [0, 0.05) is 16.4 Å². The van der Waals surface area contributed by atoms with E-state index in [2.05, 4.69) is 10.6 Å². The first-order valence-corrected chi connectivity index (χ1v) is 7.13. The first kappa shape index (κ1) is 17.4. The molecule has 0 aliphatic heterocycles. The van der Waals surface area contributed by atoms with Crippen LogP contribution < -0.4 is 10.6 Å². The SMILES string of the molecule is Cc1ccc(Cl)cc1NC(=O)Nc1ccc(Cl)c(C(F)(F)F)c1. The van der Waals surface area contributed by atoms with E-state index < -0.39 is 22.8 Å². The van der Waals surface area contributed by atoms with Crippen LogP contribution in [0.15, 0.2) is 36.4 Å². The maximum absolute atomic E-state index is 12.8. The van der Waals surface area contributed by atoms with Gasteiger partial charge in [-0.15, -0.1) is 0 Å². The minimum Gasteiger partial charge on any atom is -0.308 e. The van der Waals surface area contributed by atoms with Gasteiger partial charge in [0.05, 0.1) is 10.6 Å². The number of halogens is 5. The summed E-state index contributed by atoms with van der Waals surface area (Å²) < 4.78 is 38.3. The highest BCUT2D eigenvalue weighted by Crippen LogP contribution is 2.36. The molecule has 0 saturated heterocycles. The number of alkyl halides is 3. The molecule has 0 radical (unpaired) electrons. The third-order valence-electron chi connectivity index (χ3n) is 2.98. The molecule has 3 nitrogen and oxygen atoms in total. The van der Waals surface area contributed by atoms with Crippen molar-refractivity contribution in [1.29, 1.82) is 0 Å². The molecule has 2 aromatic rings. The summed E-state index contributed by atoms with van der Waals surface area (Å²) in [7, 11) is 0. The highest BCUT2D eigenvalue weighted by atomic mass is 35.5. The zero-order valence-corrected chi connectivity index (χ0v) is 13.3. The lowest BCUT2D eigenvalue weighted by Gasteiger charge is -2.13. The maximum atomic E-state index is 12.8. The van der Waals surface area contributed by atoms with Crippen LogP contribution >= 0.6 is 23.2 Å². The van der Waals surface area contributed by atoms with E-state index in [9.17, 15) is 18.0 Å². The fraction of sp³-hybridized carbons (Fsp3) is 0.133. The molecule has 0 aliphatic carbocycles. The van der Waals surface area contributed by atoms with Gasteiger partial charge in [-0.05, 0) is 42.8 Å². The quantitative estimate of drug-likeness (QED) is 0.679. The van der Waals surface area contributed by atoms with Crippen LogP contribution in [0.5, 0.6) is 0 Å². The number of anilines is 2. The van der Waals surface area contributed by atoms with Gasteiger partial charge in [-0.2, -0.15) is 13.2 Å². The molecule has 0 aromatic heterocycles. The second-order valence-electron chi connectivity index (χ2n) is 4.73. The molecule has 2 rings (SSSR count). The largest absolute Gasteiger partial charge is 0.417 e. The van der Waals surface area contributed by atoms with Crippen LogP contribution in [0.4, 0.5) is 29.3 Å². The van der Waals surface area contributed by atoms with Crippen molar-refractivity contribution in [3.8, 4) is 0 Å². The molecule has 8 heteroatoms. The normalized spacial score (nSPS) is 11.2. The molecular weight excluding hydrogens is 352 g/mol. The van der Waals surface area contributed by atoms with Crippen molar-refractivity contribution in [2.75, 3.05) is 10.6 Å². The van der Waals surface area contributed by atoms with Crippen LogP contribution in [-0.4, -0.2) is 6.03 Å². The molecule has 0 aliphatic rings. The van der Waals surface area contributed by atoms with E-state index in [1.807, 2.05) is 0 Å². The Bertz CT molecular complexity index is 748. The molecule has 0 spiro atoms. The average molecular weight is 363 g/mol. The number of aryl methyl sites for hydroxylation is 1. The van der Waals surface area contributed by atoms with Crippen LogP contribution in [0.3, 0.4) is 0 Å².